The summed E-state index contributed by atoms with van der Waals surface area (Å²) in [6.07, 6.45) is 0.588. The SMILES string of the molecule is CCOCCCNS(=O)(=O)c1ccc(C#CCO)cc1Cl. The third-order valence-electron chi connectivity index (χ3n) is 2.49. The molecule has 0 aromatic heterocycles. The smallest absolute Gasteiger partial charge is 0.242 e. The highest BCUT2D eigenvalue weighted by Crippen LogP contribution is 2.22. The van der Waals surface area contributed by atoms with Crippen LogP contribution >= 0.6 is 11.6 Å². The Morgan fingerprint density at radius 2 is 2.19 bits per heavy atom. The lowest BCUT2D eigenvalue weighted by molar-refractivity contribution is 0.146. The quantitative estimate of drug-likeness (QED) is 0.585. The minimum Gasteiger partial charge on any atom is -0.384 e. The van der Waals surface area contributed by atoms with Gasteiger partial charge in [-0.3, -0.25) is 0 Å². The zero-order chi connectivity index (χ0) is 15.7. The second-order valence-electron chi connectivity index (χ2n) is 4.05. The molecule has 0 aliphatic carbocycles. The van der Waals surface area contributed by atoms with Crippen molar-refractivity contribution in [3.05, 3.63) is 28.8 Å². The van der Waals surface area contributed by atoms with Crippen molar-refractivity contribution >= 4 is 21.6 Å². The van der Waals surface area contributed by atoms with Crippen LogP contribution < -0.4 is 4.72 Å². The first-order valence-electron chi connectivity index (χ1n) is 6.48. The molecule has 7 heteroatoms. The van der Waals surface area contributed by atoms with Crippen LogP contribution in [0.5, 0.6) is 0 Å². The van der Waals surface area contributed by atoms with Gasteiger partial charge in [0.2, 0.25) is 10.0 Å². The summed E-state index contributed by atoms with van der Waals surface area (Å²) < 4.78 is 31.8. The minimum absolute atomic E-state index is 0.00938. The van der Waals surface area contributed by atoms with Crippen molar-refractivity contribution in [3.63, 3.8) is 0 Å². The van der Waals surface area contributed by atoms with E-state index in [1.54, 1.807) is 6.07 Å². The predicted octanol–water partition coefficient (Wildman–Crippen LogP) is 1.39. The number of nitrogens with one attached hydrogen (secondary N) is 1. The van der Waals surface area contributed by atoms with Crippen molar-refractivity contribution in [3.8, 4) is 11.8 Å². The van der Waals surface area contributed by atoms with Crippen molar-refractivity contribution in [2.75, 3.05) is 26.4 Å². The molecule has 116 valence electrons. The monoisotopic (exact) mass is 331 g/mol. The van der Waals surface area contributed by atoms with Crippen molar-refractivity contribution in [1.82, 2.24) is 4.72 Å². The fraction of sp³-hybridized carbons (Fsp3) is 0.429. The minimum atomic E-state index is -3.65. The Hall–Kier alpha value is -1.10. The normalized spacial score (nSPS) is 11.0. The summed E-state index contributed by atoms with van der Waals surface area (Å²) in [5.74, 6) is 5.14. The van der Waals surface area contributed by atoms with Crippen LogP contribution in [0.2, 0.25) is 5.02 Å². The number of aliphatic hydroxyl groups excluding tert-OH is 1. The third kappa shape index (κ3) is 6.04. The Labute approximate surface area is 130 Å². The second kappa shape index (κ2) is 9.03. The molecule has 1 aromatic carbocycles. The zero-order valence-corrected chi connectivity index (χ0v) is 13.3. The number of ether oxygens (including phenoxy) is 1. The van der Waals surface area contributed by atoms with Gasteiger partial charge < -0.3 is 9.84 Å². The molecular formula is C14H18ClNO4S. The topological polar surface area (TPSA) is 75.6 Å². The second-order valence-corrected chi connectivity index (χ2v) is 6.20. The Bertz CT molecular complexity index is 620. The Morgan fingerprint density at radius 1 is 1.43 bits per heavy atom. The first-order valence-corrected chi connectivity index (χ1v) is 8.34. The molecule has 1 rings (SSSR count). The van der Waals surface area contributed by atoms with Gasteiger partial charge >= 0.3 is 0 Å². The van der Waals surface area contributed by atoms with Gasteiger partial charge in [0.15, 0.2) is 0 Å². The highest BCUT2D eigenvalue weighted by atomic mass is 35.5. The number of hydrogen-bond acceptors (Lipinski definition) is 4. The largest absolute Gasteiger partial charge is 0.384 e. The van der Waals surface area contributed by atoms with Crippen LogP contribution in [0.25, 0.3) is 0 Å². The van der Waals surface area contributed by atoms with Crippen molar-refractivity contribution in [2.24, 2.45) is 0 Å². The van der Waals surface area contributed by atoms with Crippen LogP contribution in [-0.2, 0) is 14.8 Å². The molecular weight excluding hydrogens is 314 g/mol. The molecule has 0 radical (unpaired) electrons. The van der Waals surface area contributed by atoms with Gasteiger partial charge in [0.1, 0.15) is 11.5 Å². The molecule has 0 heterocycles. The zero-order valence-electron chi connectivity index (χ0n) is 11.7. The van der Waals surface area contributed by atoms with Gasteiger partial charge in [-0.2, -0.15) is 0 Å². The molecule has 0 saturated carbocycles. The van der Waals surface area contributed by atoms with E-state index in [0.29, 0.717) is 25.2 Å². The Morgan fingerprint density at radius 3 is 2.81 bits per heavy atom. The van der Waals surface area contributed by atoms with E-state index in [-0.39, 0.29) is 23.1 Å². The fourth-order valence-corrected chi connectivity index (χ4v) is 3.16. The van der Waals surface area contributed by atoms with E-state index in [9.17, 15) is 8.42 Å². The van der Waals surface area contributed by atoms with Gasteiger partial charge in [-0.15, -0.1) is 0 Å². The highest BCUT2D eigenvalue weighted by Gasteiger charge is 2.17. The number of sulfonamides is 1. The molecule has 0 spiro atoms. The number of benzene rings is 1. The summed E-state index contributed by atoms with van der Waals surface area (Å²) in [4.78, 5) is 0.00938. The molecule has 0 aliphatic rings. The van der Waals surface area contributed by atoms with Gasteiger partial charge in [-0.25, -0.2) is 13.1 Å². The molecule has 0 amide bonds. The first kappa shape index (κ1) is 18.0. The van der Waals surface area contributed by atoms with E-state index in [0.717, 1.165) is 0 Å². The van der Waals surface area contributed by atoms with E-state index in [1.165, 1.54) is 12.1 Å². The number of hydrogen-bond donors (Lipinski definition) is 2. The lowest BCUT2D eigenvalue weighted by atomic mass is 10.2. The van der Waals surface area contributed by atoms with Crippen LogP contribution in [-0.4, -0.2) is 39.9 Å². The lowest BCUT2D eigenvalue weighted by Gasteiger charge is -2.08. The summed E-state index contributed by atoms with van der Waals surface area (Å²) >= 11 is 5.98. The molecule has 0 fully saturated rings. The summed E-state index contributed by atoms with van der Waals surface area (Å²) in [6.45, 7) is 3.01. The average Bonchev–Trinajstić information content (AvgIpc) is 2.44. The standard InChI is InChI=1S/C14H18ClNO4S/c1-2-20-10-4-8-16-21(18,19)14-7-6-12(5-3-9-17)11-13(14)15/h6-7,11,16-17H,2,4,8-10H2,1H3. The van der Waals surface area contributed by atoms with Gasteiger partial charge in [0.25, 0.3) is 0 Å². The third-order valence-corrected chi connectivity index (χ3v) is 4.44. The maximum absolute atomic E-state index is 12.1. The number of halogens is 1. The number of aliphatic hydroxyl groups is 1. The maximum atomic E-state index is 12.1. The molecule has 0 bridgehead atoms. The van der Waals surface area contributed by atoms with E-state index >= 15 is 0 Å². The lowest BCUT2D eigenvalue weighted by Crippen LogP contribution is -2.25. The van der Waals surface area contributed by atoms with Crippen LogP contribution in [0, 0.1) is 11.8 Å². The average molecular weight is 332 g/mol. The van der Waals surface area contributed by atoms with E-state index in [2.05, 4.69) is 16.6 Å². The summed E-state index contributed by atoms with van der Waals surface area (Å²) in [7, 11) is -3.65. The van der Waals surface area contributed by atoms with Gasteiger partial charge in [-0.05, 0) is 31.5 Å². The molecule has 0 saturated heterocycles. The highest BCUT2D eigenvalue weighted by molar-refractivity contribution is 7.89. The van der Waals surface area contributed by atoms with Gasteiger partial charge in [0, 0.05) is 25.3 Å². The van der Waals surface area contributed by atoms with Crippen LogP contribution in [0.4, 0.5) is 0 Å². The summed E-state index contributed by atoms with van der Waals surface area (Å²) in [5, 5.41) is 8.71. The molecule has 1 aromatic rings. The molecule has 5 nitrogen and oxygen atoms in total. The Balaban J connectivity index is 2.74. The van der Waals surface area contributed by atoms with E-state index in [1.807, 2.05) is 6.92 Å². The summed E-state index contributed by atoms with van der Waals surface area (Å²) in [5.41, 5.74) is 0.546. The molecule has 0 atom stereocenters. The van der Waals surface area contributed by atoms with Crippen LogP contribution in [0.1, 0.15) is 18.9 Å². The van der Waals surface area contributed by atoms with E-state index in [4.69, 9.17) is 21.4 Å². The molecule has 0 unspecified atom stereocenters. The van der Waals surface area contributed by atoms with Crippen molar-refractivity contribution < 1.29 is 18.3 Å². The molecule has 2 N–H and O–H groups in total. The number of rotatable bonds is 7. The first-order chi connectivity index (χ1) is 10.0. The fourth-order valence-electron chi connectivity index (χ4n) is 1.54. The summed E-state index contributed by atoms with van der Waals surface area (Å²) in [6, 6.07) is 4.40. The molecule has 0 aliphatic heterocycles. The van der Waals surface area contributed by atoms with Gasteiger partial charge in [0.05, 0.1) is 5.02 Å². The van der Waals surface area contributed by atoms with Crippen LogP contribution in [0.3, 0.4) is 0 Å². The van der Waals surface area contributed by atoms with E-state index < -0.39 is 10.0 Å². The van der Waals surface area contributed by atoms with Gasteiger partial charge in [-0.1, -0.05) is 23.4 Å². The van der Waals surface area contributed by atoms with Crippen molar-refractivity contribution in [2.45, 2.75) is 18.2 Å². The Kier molecular flexibility index (Phi) is 7.72. The molecule has 21 heavy (non-hydrogen) atoms. The van der Waals surface area contributed by atoms with Crippen LogP contribution in [0.15, 0.2) is 23.1 Å². The van der Waals surface area contributed by atoms with Crippen molar-refractivity contribution in [1.29, 1.82) is 0 Å². The maximum Gasteiger partial charge on any atom is 0.242 e. The predicted molar refractivity (Wildman–Crippen MR) is 81.7 cm³/mol.